The first-order valence-corrected chi connectivity index (χ1v) is 12.3. The molecule has 1 fully saturated rings. The number of hydrogen-bond acceptors (Lipinski definition) is 6. The van der Waals surface area contributed by atoms with Crippen LogP contribution in [0.5, 0.6) is 17.2 Å². The summed E-state index contributed by atoms with van der Waals surface area (Å²) in [5, 5.41) is 0. The molecule has 8 nitrogen and oxygen atoms in total. The Labute approximate surface area is 188 Å². The average Bonchev–Trinajstić information content (AvgIpc) is 3.11. The normalized spacial score (nSPS) is 18.7. The van der Waals surface area contributed by atoms with Gasteiger partial charge in [0.05, 0.1) is 12.0 Å². The van der Waals surface area contributed by atoms with Gasteiger partial charge in [-0.25, -0.2) is 13.1 Å². The Bertz CT molecular complexity index is 1050. The summed E-state index contributed by atoms with van der Waals surface area (Å²) in [5.74, 6) is 1.32. The second kappa shape index (κ2) is 9.79. The molecule has 2 aliphatic heterocycles. The lowest BCUT2D eigenvalue weighted by molar-refractivity contribution is -0.141. The molecule has 4 rings (SSSR count). The molecule has 2 aromatic rings. The van der Waals surface area contributed by atoms with Crippen molar-refractivity contribution >= 4 is 15.9 Å². The van der Waals surface area contributed by atoms with Gasteiger partial charge in [-0.3, -0.25) is 4.79 Å². The lowest BCUT2D eigenvalue weighted by atomic mass is 10.2. The fraction of sp³-hybridized carbons (Fsp3) is 0.435. The van der Waals surface area contributed by atoms with E-state index in [4.69, 9.17) is 14.2 Å². The first kappa shape index (κ1) is 22.4. The molecule has 0 spiro atoms. The topological polar surface area (TPSA) is 94.2 Å². The number of nitrogens with zero attached hydrogens (tertiary/aromatic N) is 1. The van der Waals surface area contributed by atoms with Crippen molar-refractivity contribution in [2.45, 2.75) is 43.2 Å². The maximum Gasteiger partial charge on any atom is 0.267 e. The molecule has 1 atom stereocenters. The van der Waals surface area contributed by atoms with Crippen LogP contribution in [0, 0.1) is 0 Å². The minimum atomic E-state index is -3.75. The molecule has 2 aromatic carbocycles. The largest absolute Gasteiger partial charge is 0.497 e. The fourth-order valence-electron chi connectivity index (χ4n) is 3.84. The fourth-order valence-corrected chi connectivity index (χ4v) is 4.87. The molecule has 0 radical (unpaired) electrons. The average molecular weight is 461 g/mol. The van der Waals surface area contributed by atoms with Gasteiger partial charge in [-0.15, -0.1) is 0 Å². The van der Waals surface area contributed by atoms with Gasteiger partial charge in [-0.05, 0) is 42.7 Å². The van der Waals surface area contributed by atoms with E-state index in [1.807, 2.05) is 4.90 Å². The van der Waals surface area contributed by atoms with E-state index in [0.29, 0.717) is 17.2 Å². The Morgan fingerprint density at radius 3 is 2.47 bits per heavy atom. The highest BCUT2D eigenvalue weighted by atomic mass is 32.2. The van der Waals surface area contributed by atoms with Crippen LogP contribution in [0.15, 0.2) is 47.4 Å². The van der Waals surface area contributed by atoms with Crippen molar-refractivity contribution in [2.24, 2.45) is 0 Å². The molecule has 0 saturated carbocycles. The molecule has 0 bridgehead atoms. The number of amides is 1. The summed E-state index contributed by atoms with van der Waals surface area (Å²) in [7, 11) is -2.17. The maximum absolute atomic E-state index is 12.8. The zero-order valence-electron chi connectivity index (χ0n) is 18.1. The van der Waals surface area contributed by atoms with Gasteiger partial charge in [0.1, 0.15) is 12.4 Å². The second-order valence-electron chi connectivity index (χ2n) is 7.94. The van der Waals surface area contributed by atoms with Gasteiger partial charge in [-0.2, -0.15) is 0 Å². The van der Waals surface area contributed by atoms with E-state index in [2.05, 4.69) is 4.72 Å². The number of rotatable bonds is 6. The van der Waals surface area contributed by atoms with Gasteiger partial charge in [0.2, 0.25) is 16.1 Å². The predicted octanol–water partition coefficient (Wildman–Crippen LogP) is 2.72. The van der Waals surface area contributed by atoms with E-state index < -0.39 is 16.1 Å². The van der Waals surface area contributed by atoms with Gasteiger partial charge in [0.15, 0.2) is 11.5 Å². The van der Waals surface area contributed by atoms with Crippen LogP contribution in [0.25, 0.3) is 0 Å². The van der Waals surface area contributed by atoms with Crippen LogP contribution in [0.1, 0.15) is 31.2 Å². The molecule has 2 heterocycles. The van der Waals surface area contributed by atoms with E-state index in [-0.39, 0.29) is 24.0 Å². The third kappa shape index (κ3) is 5.16. The third-order valence-corrected chi connectivity index (χ3v) is 7.10. The predicted molar refractivity (Wildman–Crippen MR) is 118 cm³/mol. The first-order valence-electron chi connectivity index (χ1n) is 10.8. The number of methoxy groups -OCH3 is 1. The van der Waals surface area contributed by atoms with Crippen LogP contribution in [0.4, 0.5) is 0 Å². The molecule has 0 aliphatic carbocycles. The van der Waals surface area contributed by atoms with Crippen molar-refractivity contribution in [1.29, 1.82) is 0 Å². The molecule has 0 unspecified atom stereocenters. The Morgan fingerprint density at radius 1 is 1.06 bits per heavy atom. The van der Waals surface area contributed by atoms with Crippen LogP contribution in [0.2, 0.25) is 0 Å². The molecule has 1 amide bonds. The molecule has 9 heteroatoms. The summed E-state index contributed by atoms with van der Waals surface area (Å²) in [6.45, 7) is 1.68. The lowest BCUT2D eigenvalue weighted by Gasteiger charge is -2.30. The number of nitrogens with one attached hydrogen (secondary N) is 1. The molecule has 1 saturated heterocycles. The first-order chi connectivity index (χ1) is 15.5. The standard InChI is InChI=1S/C23H28N2O6S/c1-29-18-8-6-17(7-9-18)15-24-32(27,28)19-10-11-20-21(14-19)30-16-22(31-20)23(26)25-12-4-2-3-5-13-25/h6-11,14,22,24H,2-5,12-13,15-16H2,1H3/t22-/m0/s1. The second-order valence-corrected chi connectivity index (χ2v) is 9.71. The van der Waals surface area contributed by atoms with Gasteiger partial charge in [0.25, 0.3) is 5.91 Å². The number of benzene rings is 2. The van der Waals surface area contributed by atoms with E-state index >= 15 is 0 Å². The third-order valence-electron chi connectivity index (χ3n) is 5.70. The van der Waals surface area contributed by atoms with Crippen molar-refractivity contribution in [2.75, 3.05) is 26.8 Å². The number of carbonyl (C=O) groups excluding carboxylic acids is 1. The zero-order chi connectivity index (χ0) is 22.6. The van der Waals surface area contributed by atoms with E-state index in [9.17, 15) is 13.2 Å². The minimum absolute atomic E-state index is 0.0606. The molecule has 32 heavy (non-hydrogen) atoms. The molecule has 0 aromatic heterocycles. The Balaban J connectivity index is 1.40. The SMILES string of the molecule is COc1ccc(CNS(=O)(=O)c2ccc3c(c2)OC[C@@H](C(=O)N2CCCCCC2)O3)cc1. The highest BCUT2D eigenvalue weighted by molar-refractivity contribution is 7.89. The Kier molecular flexibility index (Phi) is 6.86. The van der Waals surface area contributed by atoms with Crippen LogP contribution in [-0.2, 0) is 21.4 Å². The Morgan fingerprint density at radius 2 is 1.78 bits per heavy atom. The van der Waals surface area contributed by atoms with Gasteiger partial charge in [0, 0.05) is 25.7 Å². The maximum atomic E-state index is 12.8. The van der Waals surface area contributed by atoms with Crippen molar-refractivity contribution in [3.8, 4) is 17.2 Å². The zero-order valence-corrected chi connectivity index (χ0v) is 18.9. The minimum Gasteiger partial charge on any atom is -0.497 e. The van der Waals surface area contributed by atoms with Crippen LogP contribution < -0.4 is 18.9 Å². The molecule has 1 N–H and O–H groups in total. The number of sulfonamides is 1. The van der Waals surface area contributed by atoms with E-state index in [0.717, 1.165) is 44.3 Å². The van der Waals surface area contributed by atoms with Crippen LogP contribution in [0.3, 0.4) is 0 Å². The van der Waals surface area contributed by atoms with Gasteiger partial charge in [-0.1, -0.05) is 25.0 Å². The summed E-state index contributed by atoms with van der Waals surface area (Å²) in [6.07, 6.45) is 3.56. The van der Waals surface area contributed by atoms with Crippen molar-refractivity contribution in [3.05, 3.63) is 48.0 Å². The quantitative estimate of drug-likeness (QED) is 0.712. The summed E-state index contributed by atoms with van der Waals surface area (Å²) in [5.41, 5.74) is 0.807. The molecular formula is C23H28N2O6S. The van der Waals surface area contributed by atoms with E-state index in [1.165, 1.54) is 12.1 Å². The van der Waals surface area contributed by atoms with Gasteiger partial charge >= 0.3 is 0 Å². The Hall–Kier alpha value is -2.78. The highest BCUT2D eigenvalue weighted by Gasteiger charge is 2.32. The number of ether oxygens (including phenoxy) is 3. The van der Waals surface area contributed by atoms with Crippen LogP contribution in [-0.4, -0.2) is 52.1 Å². The van der Waals surface area contributed by atoms with E-state index in [1.54, 1.807) is 37.4 Å². The summed E-state index contributed by atoms with van der Waals surface area (Å²) < 4.78 is 44.8. The van der Waals surface area contributed by atoms with Gasteiger partial charge < -0.3 is 19.1 Å². The highest BCUT2D eigenvalue weighted by Crippen LogP contribution is 2.34. The molecule has 2 aliphatic rings. The van der Waals surface area contributed by atoms with Crippen LogP contribution >= 0.6 is 0 Å². The van der Waals surface area contributed by atoms with Crippen molar-refractivity contribution in [1.82, 2.24) is 9.62 Å². The van der Waals surface area contributed by atoms with Crippen molar-refractivity contribution in [3.63, 3.8) is 0 Å². The van der Waals surface area contributed by atoms with Crippen molar-refractivity contribution < 1.29 is 27.4 Å². The molecular weight excluding hydrogens is 432 g/mol. The molecule has 172 valence electrons. The summed E-state index contributed by atoms with van der Waals surface area (Å²) in [6, 6.07) is 11.6. The smallest absolute Gasteiger partial charge is 0.267 e. The number of likely N-dealkylation sites (tertiary alicyclic amines) is 1. The monoisotopic (exact) mass is 460 g/mol. The summed E-state index contributed by atoms with van der Waals surface area (Å²) >= 11 is 0. The number of hydrogen-bond donors (Lipinski definition) is 1. The summed E-state index contributed by atoms with van der Waals surface area (Å²) in [4.78, 5) is 14.7. The number of fused-ring (bicyclic) bond motifs is 1. The number of carbonyl (C=O) groups is 1. The lowest BCUT2D eigenvalue weighted by Crippen LogP contribution is -2.46.